The Morgan fingerprint density at radius 2 is 1.81 bits per heavy atom. The standard InChI is InChI=1S/C21H18NOS.ClH.Hg/c1-23-19-13-11-17(12-14-19)15-22-20-9-5-6-10-21(20)24-16-18-7-3-2-4-8-18;;/h2-5,7-15H,16H2,1H3;1H;/q;;+1/p-1. The molecule has 0 fully saturated rings. The average molecular weight is 568 g/mol. The van der Waals surface area contributed by atoms with Gasteiger partial charge in [0.1, 0.15) is 11.0 Å². The van der Waals surface area contributed by atoms with Gasteiger partial charge in [-0.2, -0.15) is 0 Å². The fraction of sp³-hybridized carbons (Fsp3) is 0.0952. The van der Waals surface area contributed by atoms with Crippen LogP contribution in [0.15, 0.2) is 89.2 Å². The monoisotopic (exact) mass is 569 g/mol. The van der Waals surface area contributed by atoms with Crippen LogP contribution in [0.2, 0.25) is 0 Å². The molecule has 0 heterocycles. The molecule has 128 valence electrons. The number of hydrogen-bond donors (Lipinski definition) is 0. The van der Waals surface area contributed by atoms with Crippen LogP contribution in [-0.2, 0) is 33.4 Å². The molecule has 0 atom stereocenters. The van der Waals surface area contributed by atoms with E-state index < -0.39 is 0 Å². The SMILES string of the molecule is COc1ccc(C=NC2=CC=C=C[C]2SCc2ccccc2)cc1.[Cl-].[Hg+]. The van der Waals surface area contributed by atoms with E-state index in [0.29, 0.717) is 0 Å². The minimum absolute atomic E-state index is 0. The van der Waals surface area contributed by atoms with Crippen molar-refractivity contribution < 1.29 is 44.8 Å². The van der Waals surface area contributed by atoms with Gasteiger partial charge in [0.25, 0.3) is 0 Å². The first-order valence-corrected chi connectivity index (χ1v) is 8.68. The van der Waals surface area contributed by atoms with Crippen molar-refractivity contribution in [2.75, 3.05) is 7.11 Å². The molecule has 0 amide bonds. The Hall–Kier alpha value is -1.25. The number of halogens is 1. The van der Waals surface area contributed by atoms with Gasteiger partial charge < -0.3 is 17.1 Å². The third kappa shape index (κ3) is 6.81. The number of rotatable bonds is 6. The van der Waals surface area contributed by atoms with Crippen LogP contribution in [0.5, 0.6) is 5.75 Å². The Labute approximate surface area is 186 Å². The van der Waals surface area contributed by atoms with E-state index in [9.17, 15) is 0 Å². The molecule has 0 spiro atoms. The van der Waals surface area contributed by atoms with Gasteiger partial charge in [-0.3, -0.25) is 4.99 Å². The minimum Gasteiger partial charge on any atom is -1.00 e. The van der Waals surface area contributed by atoms with Crippen LogP contribution in [0.1, 0.15) is 11.1 Å². The third-order valence-corrected chi connectivity index (χ3v) is 4.63. The summed E-state index contributed by atoms with van der Waals surface area (Å²) in [4.78, 5) is 4.64. The molecular formula is C21H18ClHgNOS. The van der Waals surface area contributed by atoms with Crippen LogP contribution in [0, 0.1) is 5.25 Å². The van der Waals surface area contributed by atoms with Gasteiger partial charge in [0.05, 0.1) is 12.8 Å². The van der Waals surface area contributed by atoms with E-state index in [-0.39, 0.29) is 40.1 Å². The molecule has 2 aromatic carbocycles. The van der Waals surface area contributed by atoms with Crippen molar-refractivity contribution in [1.82, 2.24) is 0 Å². The van der Waals surface area contributed by atoms with Gasteiger partial charge in [0.15, 0.2) is 0 Å². The molecule has 26 heavy (non-hydrogen) atoms. The zero-order chi connectivity index (χ0) is 16.6. The summed E-state index contributed by atoms with van der Waals surface area (Å²) in [6.45, 7) is 0. The first-order chi connectivity index (χ1) is 11.8. The summed E-state index contributed by atoms with van der Waals surface area (Å²) < 4.78 is 5.17. The average Bonchev–Trinajstić information content (AvgIpc) is 2.66. The molecule has 1 aliphatic carbocycles. The molecular weight excluding hydrogens is 550 g/mol. The smallest absolute Gasteiger partial charge is 1.00 e. The second-order valence-electron chi connectivity index (χ2n) is 5.20. The second kappa shape index (κ2) is 12.2. The molecule has 1 aliphatic rings. The molecule has 2 aromatic rings. The van der Waals surface area contributed by atoms with Crippen LogP contribution in [0.4, 0.5) is 0 Å². The van der Waals surface area contributed by atoms with Crippen molar-refractivity contribution in [3.8, 4) is 5.75 Å². The zero-order valence-corrected chi connectivity index (χ0v) is 21.6. The summed E-state index contributed by atoms with van der Waals surface area (Å²) in [5, 5.41) is 1.13. The molecule has 0 aliphatic heterocycles. The Bertz CT molecular complexity index is 797. The van der Waals surface area contributed by atoms with Crippen LogP contribution in [-0.4, -0.2) is 13.3 Å². The minimum atomic E-state index is 0. The maximum Gasteiger partial charge on any atom is 1.00 e. The molecule has 0 saturated heterocycles. The molecule has 0 aromatic heterocycles. The van der Waals surface area contributed by atoms with Gasteiger partial charge in [0, 0.05) is 12.0 Å². The van der Waals surface area contributed by atoms with Crippen LogP contribution >= 0.6 is 11.8 Å². The van der Waals surface area contributed by atoms with Crippen LogP contribution in [0.25, 0.3) is 0 Å². The van der Waals surface area contributed by atoms with E-state index in [1.54, 1.807) is 18.9 Å². The first kappa shape index (κ1) is 22.8. The molecule has 0 N–H and O–H groups in total. The summed E-state index contributed by atoms with van der Waals surface area (Å²) in [5.74, 6) is 1.77. The summed E-state index contributed by atoms with van der Waals surface area (Å²) >= 11 is 1.78. The Balaban J connectivity index is 0.00000169. The normalized spacial score (nSPS) is 13.0. The van der Waals surface area contributed by atoms with Crippen molar-refractivity contribution in [2.45, 2.75) is 5.75 Å². The molecule has 0 saturated carbocycles. The molecule has 2 radical (unpaired) electrons. The number of thioether (sulfide) groups is 1. The second-order valence-corrected chi connectivity index (χ2v) is 6.22. The quantitative estimate of drug-likeness (QED) is 0.303. The predicted molar refractivity (Wildman–Crippen MR) is 102 cm³/mol. The van der Waals surface area contributed by atoms with Gasteiger partial charge in [-0.05, 0) is 53.6 Å². The summed E-state index contributed by atoms with van der Waals surface area (Å²) in [7, 11) is 1.67. The fourth-order valence-corrected chi connectivity index (χ4v) is 3.13. The Morgan fingerprint density at radius 3 is 2.50 bits per heavy atom. The summed E-state index contributed by atoms with van der Waals surface area (Å²) in [5.41, 5.74) is 6.45. The van der Waals surface area contributed by atoms with Gasteiger partial charge in [-0.15, -0.1) is 17.5 Å². The largest absolute Gasteiger partial charge is 1.00 e. The van der Waals surface area contributed by atoms with Crippen molar-refractivity contribution in [2.24, 2.45) is 4.99 Å². The predicted octanol–water partition coefficient (Wildman–Crippen LogP) is 2.19. The number of ether oxygens (including phenoxy) is 1. The summed E-state index contributed by atoms with van der Waals surface area (Å²) in [6.07, 6.45) is 7.76. The molecule has 3 rings (SSSR count). The number of nitrogens with zero attached hydrogens (tertiary/aromatic N) is 1. The first-order valence-electron chi connectivity index (χ1n) is 7.70. The van der Waals surface area contributed by atoms with E-state index in [4.69, 9.17) is 4.74 Å². The Kier molecular flexibility index (Phi) is 10.7. The number of aliphatic imine (C=N–C) groups is 1. The van der Waals surface area contributed by atoms with E-state index in [0.717, 1.165) is 28.0 Å². The third-order valence-electron chi connectivity index (χ3n) is 3.51. The number of allylic oxidation sites excluding steroid dienone is 1. The van der Waals surface area contributed by atoms with Crippen LogP contribution < -0.4 is 17.1 Å². The number of benzene rings is 2. The van der Waals surface area contributed by atoms with E-state index in [1.807, 2.05) is 54.8 Å². The molecule has 5 heteroatoms. The van der Waals surface area contributed by atoms with Crippen molar-refractivity contribution in [3.05, 3.63) is 101 Å². The molecule has 2 nitrogen and oxygen atoms in total. The van der Waals surface area contributed by atoms with Gasteiger partial charge >= 0.3 is 27.7 Å². The number of methoxy groups -OCH3 is 1. The Morgan fingerprint density at radius 1 is 1.08 bits per heavy atom. The van der Waals surface area contributed by atoms with Crippen molar-refractivity contribution in [3.63, 3.8) is 0 Å². The van der Waals surface area contributed by atoms with Crippen molar-refractivity contribution >= 4 is 18.0 Å². The maximum atomic E-state index is 5.17. The van der Waals surface area contributed by atoms with Crippen LogP contribution in [0.3, 0.4) is 0 Å². The molecule has 0 unspecified atom stereocenters. The van der Waals surface area contributed by atoms with E-state index >= 15 is 0 Å². The van der Waals surface area contributed by atoms with Crippen molar-refractivity contribution in [1.29, 1.82) is 0 Å². The van der Waals surface area contributed by atoms with Gasteiger partial charge in [-0.25, -0.2) is 0 Å². The topological polar surface area (TPSA) is 21.6 Å². The van der Waals surface area contributed by atoms with E-state index in [2.05, 4.69) is 35.0 Å². The zero-order valence-electron chi connectivity index (χ0n) is 14.6. The number of hydrogen-bond acceptors (Lipinski definition) is 3. The maximum absolute atomic E-state index is 5.17. The molecule has 0 bridgehead atoms. The van der Waals surface area contributed by atoms with E-state index in [1.165, 1.54) is 5.56 Å². The van der Waals surface area contributed by atoms with Gasteiger partial charge in [-0.1, -0.05) is 30.3 Å². The van der Waals surface area contributed by atoms with Gasteiger partial charge in [0.2, 0.25) is 0 Å². The fourth-order valence-electron chi connectivity index (χ4n) is 2.20. The summed E-state index contributed by atoms with van der Waals surface area (Å²) in [6, 6.07) is 18.3.